The topological polar surface area (TPSA) is 76.6 Å². The van der Waals surface area contributed by atoms with Crippen LogP contribution in [0.15, 0.2) is 18.3 Å². The van der Waals surface area contributed by atoms with E-state index >= 15 is 0 Å². The first-order valence-electron chi connectivity index (χ1n) is 6.66. The SMILES string of the molecule is CC.Cc1ccnc(N(C(=O)OC(C)(C)C)S(C)(=O)=O)c1. The second kappa shape index (κ2) is 7.40. The van der Waals surface area contributed by atoms with Gasteiger partial charge in [0.05, 0.1) is 6.26 Å². The molecule has 0 aliphatic heterocycles. The number of pyridine rings is 1. The third kappa shape index (κ3) is 6.57. The summed E-state index contributed by atoms with van der Waals surface area (Å²) in [7, 11) is -3.81. The van der Waals surface area contributed by atoms with Crippen LogP contribution in [0.2, 0.25) is 0 Å². The molecule has 7 heteroatoms. The number of ether oxygens (including phenoxy) is 1. The molecule has 0 fully saturated rings. The standard InChI is InChI=1S/C12H18N2O4S.C2H6/c1-9-6-7-13-10(8-9)14(19(5,16)17)11(15)18-12(2,3)4;1-2/h6-8H,1-5H3;1-2H3. The number of rotatable bonds is 2. The Morgan fingerprint density at radius 1 is 1.29 bits per heavy atom. The first kappa shape index (κ1) is 19.4. The Morgan fingerprint density at radius 3 is 2.19 bits per heavy atom. The highest BCUT2D eigenvalue weighted by Gasteiger charge is 2.31. The van der Waals surface area contributed by atoms with Gasteiger partial charge in [-0.25, -0.2) is 18.2 Å². The van der Waals surface area contributed by atoms with Gasteiger partial charge < -0.3 is 4.74 Å². The summed E-state index contributed by atoms with van der Waals surface area (Å²) < 4.78 is 29.2. The molecule has 0 unspecified atom stereocenters. The number of aryl methyl sites for hydroxylation is 1. The van der Waals surface area contributed by atoms with Gasteiger partial charge in [0.15, 0.2) is 5.82 Å². The Balaban J connectivity index is 0.00000191. The van der Waals surface area contributed by atoms with Crippen molar-refractivity contribution < 1.29 is 17.9 Å². The summed E-state index contributed by atoms with van der Waals surface area (Å²) in [4.78, 5) is 15.9. The van der Waals surface area contributed by atoms with Crippen LogP contribution in [-0.2, 0) is 14.8 Å². The van der Waals surface area contributed by atoms with Crippen molar-refractivity contribution in [1.29, 1.82) is 0 Å². The van der Waals surface area contributed by atoms with Crippen LogP contribution < -0.4 is 4.31 Å². The highest BCUT2D eigenvalue weighted by Crippen LogP contribution is 2.19. The summed E-state index contributed by atoms with van der Waals surface area (Å²) in [5.74, 6) is 0.0248. The summed E-state index contributed by atoms with van der Waals surface area (Å²) in [6.07, 6.45) is 1.40. The molecule has 0 aliphatic carbocycles. The number of sulfonamides is 1. The van der Waals surface area contributed by atoms with Crippen molar-refractivity contribution in [2.24, 2.45) is 0 Å². The van der Waals surface area contributed by atoms with Gasteiger partial charge in [0.2, 0.25) is 10.0 Å². The van der Waals surface area contributed by atoms with Gasteiger partial charge in [-0.05, 0) is 45.4 Å². The number of carbonyl (C=O) groups excluding carboxylic acids is 1. The highest BCUT2D eigenvalue weighted by molar-refractivity contribution is 7.92. The molecule has 6 nitrogen and oxygen atoms in total. The molecular weight excluding hydrogens is 292 g/mol. The van der Waals surface area contributed by atoms with Crippen molar-refractivity contribution in [1.82, 2.24) is 4.98 Å². The van der Waals surface area contributed by atoms with Gasteiger partial charge in [0.25, 0.3) is 0 Å². The van der Waals surface area contributed by atoms with E-state index in [-0.39, 0.29) is 5.82 Å². The fourth-order valence-corrected chi connectivity index (χ4v) is 2.08. The number of anilines is 1. The van der Waals surface area contributed by atoms with Gasteiger partial charge in [-0.2, -0.15) is 4.31 Å². The van der Waals surface area contributed by atoms with Gasteiger partial charge in [-0.15, -0.1) is 0 Å². The highest BCUT2D eigenvalue weighted by atomic mass is 32.2. The maximum absolute atomic E-state index is 12.0. The second-order valence-electron chi connectivity index (χ2n) is 5.20. The third-order valence-electron chi connectivity index (χ3n) is 2.00. The average molecular weight is 316 g/mol. The number of carbonyl (C=O) groups is 1. The predicted molar refractivity (Wildman–Crippen MR) is 83.9 cm³/mol. The second-order valence-corrected chi connectivity index (χ2v) is 7.03. The molecule has 0 atom stereocenters. The van der Waals surface area contributed by atoms with Gasteiger partial charge in [0, 0.05) is 6.20 Å². The predicted octanol–water partition coefficient (Wildman–Crippen LogP) is 3.12. The Morgan fingerprint density at radius 2 is 1.81 bits per heavy atom. The zero-order chi connectivity index (χ0) is 16.8. The van der Waals surface area contributed by atoms with Crippen LogP contribution >= 0.6 is 0 Å². The molecule has 0 bridgehead atoms. The Hall–Kier alpha value is -1.63. The monoisotopic (exact) mass is 316 g/mol. The van der Waals surface area contributed by atoms with Crippen LogP contribution in [0, 0.1) is 6.92 Å². The van der Waals surface area contributed by atoms with Crippen LogP contribution in [0.3, 0.4) is 0 Å². The molecule has 0 aliphatic rings. The van der Waals surface area contributed by atoms with E-state index in [0.29, 0.717) is 4.31 Å². The Labute approximate surface area is 127 Å². The van der Waals surface area contributed by atoms with E-state index in [4.69, 9.17) is 4.74 Å². The summed E-state index contributed by atoms with van der Waals surface area (Å²) >= 11 is 0. The molecular formula is C14H24N2O4S. The van der Waals surface area contributed by atoms with Crippen molar-refractivity contribution in [3.05, 3.63) is 23.9 Å². The van der Waals surface area contributed by atoms with E-state index in [0.717, 1.165) is 11.8 Å². The molecule has 1 amide bonds. The van der Waals surface area contributed by atoms with E-state index in [1.807, 2.05) is 13.8 Å². The average Bonchev–Trinajstić information content (AvgIpc) is 2.27. The minimum atomic E-state index is -3.81. The maximum atomic E-state index is 12.0. The zero-order valence-electron chi connectivity index (χ0n) is 13.7. The van der Waals surface area contributed by atoms with E-state index < -0.39 is 21.7 Å². The van der Waals surface area contributed by atoms with Gasteiger partial charge >= 0.3 is 6.09 Å². The van der Waals surface area contributed by atoms with Crippen molar-refractivity contribution in [3.8, 4) is 0 Å². The normalized spacial score (nSPS) is 11.2. The van der Waals surface area contributed by atoms with E-state index in [9.17, 15) is 13.2 Å². The molecule has 1 aromatic heterocycles. The molecule has 0 radical (unpaired) electrons. The lowest BCUT2D eigenvalue weighted by atomic mass is 10.2. The van der Waals surface area contributed by atoms with Crippen LogP contribution in [-0.4, -0.2) is 31.4 Å². The van der Waals surface area contributed by atoms with E-state index in [1.54, 1.807) is 33.8 Å². The lowest BCUT2D eigenvalue weighted by Crippen LogP contribution is -2.40. The van der Waals surface area contributed by atoms with Crippen molar-refractivity contribution >= 4 is 21.9 Å². The number of nitrogens with zero attached hydrogens (tertiary/aromatic N) is 2. The van der Waals surface area contributed by atoms with Crippen LogP contribution in [0.25, 0.3) is 0 Å². The van der Waals surface area contributed by atoms with Crippen LogP contribution in [0.1, 0.15) is 40.2 Å². The van der Waals surface area contributed by atoms with Crippen molar-refractivity contribution in [2.45, 2.75) is 47.1 Å². The molecule has 0 saturated carbocycles. The molecule has 21 heavy (non-hydrogen) atoms. The largest absolute Gasteiger partial charge is 0.443 e. The quantitative estimate of drug-likeness (QED) is 0.838. The molecule has 1 heterocycles. The molecule has 0 saturated heterocycles. The summed E-state index contributed by atoms with van der Waals surface area (Å²) in [5.41, 5.74) is 0.00586. The van der Waals surface area contributed by atoms with Crippen LogP contribution in [0.5, 0.6) is 0 Å². The lowest BCUT2D eigenvalue weighted by Gasteiger charge is -2.25. The minimum absolute atomic E-state index is 0.0248. The maximum Gasteiger partial charge on any atom is 0.430 e. The van der Waals surface area contributed by atoms with Gasteiger partial charge in [-0.3, -0.25) is 0 Å². The molecule has 1 aromatic rings. The molecule has 1 rings (SSSR count). The lowest BCUT2D eigenvalue weighted by molar-refractivity contribution is 0.0608. The van der Waals surface area contributed by atoms with Gasteiger partial charge in [0.1, 0.15) is 5.60 Å². The van der Waals surface area contributed by atoms with Crippen molar-refractivity contribution in [3.63, 3.8) is 0 Å². The minimum Gasteiger partial charge on any atom is -0.443 e. The summed E-state index contributed by atoms with van der Waals surface area (Å²) in [6, 6.07) is 3.21. The summed E-state index contributed by atoms with van der Waals surface area (Å²) in [6.45, 7) is 10.8. The first-order chi connectivity index (χ1) is 9.50. The molecule has 0 N–H and O–H groups in total. The third-order valence-corrected chi connectivity index (χ3v) is 3.00. The number of hydrogen-bond donors (Lipinski definition) is 0. The zero-order valence-corrected chi connectivity index (χ0v) is 14.5. The number of amides is 1. The van der Waals surface area contributed by atoms with E-state index in [1.165, 1.54) is 12.3 Å². The van der Waals surface area contributed by atoms with Crippen LogP contribution in [0.4, 0.5) is 10.6 Å². The molecule has 0 aromatic carbocycles. The summed E-state index contributed by atoms with van der Waals surface area (Å²) in [5, 5.41) is 0. The fourth-order valence-electron chi connectivity index (χ4n) is 1.33. The van der Waals surface area contributed by atoms with Gasteiger partial charge in [-0.1, -0.05) is 13.8 Å². The molecule has 120 valence electrons. The number of aromatic nitrogens is 1. The smallest absolute Gasteiger partial charge is 0.430 e. The Kier molecular flexibility index (Phi) is 6.82. The first-order valence-corrected chi connectivity index (χ1v) is 8.51. The number of hydrogen-bond acceptors (Lipinski definition) is 5. The van der Waals surface area contributed by atoms with Crippen molar-refractivity contribution in [2.75, 3.05) is 10.6 Å². The Bertz CT molecular complexity index is 577. The van der Waals surface area contributed by atoms with E-state index in [2.05, 4.69) is 4.98 Å². The molecule has 0 spiro atoms. The fraction of sp³-hybridized carbons (Fsp3) is 0.571.